The van der Waals surface area contributed by atoms with E-state index in [2.05, 4.69) is 10.0 Å². The molecule has 106 valence electrons. The topological polar surface area (TPSA) is 101 Å². The number of nitrogens with one attached hydrogen (secondary N) is 2. The second-order valence-electron chi connectivity index (χ2n) is 4.01. The van der Waals surface area contributed by atoms with E-state index in [0.29, 0.717) is 13.0 Å². The van der Waals surface area contributed by atoms with Crippen molar-refractivity contribution in [3.8, 4) is 0 Å². The summed E-state index contributed by atoms with van der Waals surface area (Å²) in [5.74, 6) is 0. The lowest BCUT2D eigenvalue weighted by molar-refractivity contribution is -0.385. The van der Waals surface area contributed by atoms with E-state index in [0.717, 1.165) is 0 Å². The first-order valence-corrected chi connectivity index (χ1v) is 7.26. The van der Waals surface area contributed by atoms with Gasteiger partial charge >= 0.3 is 0 Å². The largest absolute Gasteiger partial charge is 0.320 e. The molecule has 0 saturated heterocycles. The molecule has 0 aliphatic heterocycles. The summed E-state index contributed by atoms with van der Waals surface area (Å²) < 4.78 is 26.5. The molecule has 0 heterocycles. The molecule has 1 aromatic carbocycles. The summed E-state index contributed by atoms with van der Waals surface area (Å²) in [5, 5.41) is 13.7. The zero-order valence-electron chi connectivity index (χ0n) is 10.8. The first kappa shape index (κ1) is 15.5. The highest BCUT2D eigenvalue weighted by Gasteiger charge is 2.22. The molecule has 1 aromatic rings. The van der Waals surface area contributed by atoms with Crippen molar-refractivity contribution in [1.29, 1.82) is 0 Å². The number of hydrogen-bond donors (Lipinski definition) is 2. The smallest absolute Gasteiger partial charge is 0.273 e. The number of sulfonamides is 1. The molecule has 8 heteroatoms. The van der Waals surface area contributed by atoms with Gasteiger partial charge in [-0.2, -0.15) is 0 Å². The number of nitrogens with zero attached hydrogens (tertiary/aromatic N) is 1. The molecule has 0 atom stereocenters. The summed E-state index contributed by atoms with van der Waals surface area (Å²) in [5.41, 5.74) is -0.0493. The molecular weight excluding hydrogens is 270 g/mol. The van der Waals surface area contributed by atoms with Crippen LogP contribution in [0.1, 0.15) is 12.0 Å². The molecule has 0 amide bonds. The lowest BCUT2D eigenvalue weighted by Gasteiger charge is -2.09. The van der Waals surface area contributed by atoms with Crippen LogP contribution in [0.15, 0.2) is 23.1 Å². The van der Waals surface area contributed by atoms with Crippen LogP contribution in [0, 0.1) is 17.0 Å². The summed E-state index contributed by atoms with van der Waals surface area (Å²) in [4.78, 5) is 10.1. The molecule has 0 aliphatic carbocycles. The van der Waals surface area contributed by atoms with Crippen molar-refractivity contribution in [2.24, 2.45) is 0 Å². The van der Waals surface area contributed by atoms with Gasteiger partial charge in [0.1, 0.15) is 0 Å². The molecule has 19 heavy (non-hydrogen) atoms. The minimum atomic E-state index is -3.71. The average Bonchev–Trinajstić information content (AvgIpc) is 2.34. The normalized spacial score (nSPS) is 11.5. The van der Waals surface area contributed by atoms with E-state index in [9.17, 15) is 18.5 Å². The average molecular weight is 287 g/mol. The van der Waals surface area contributed by atoms with Gasteiger partial charge in [-0.15, -0.1) is 0 Å². The Labute approximate surface area is 112 Å². The second-order valence-corrected chi connectivity index (χ2v) is 5.75. The van der Waals surface area contributed by atoms with Crippen molar-refractivity contribution in [3.63, 3.8) is 0 Å². The third-order valence-corrected chi connectivity index (χ3v) is 4.24. The highest BCUT2D eigenvalue weighted by molar-refractivity contribution is 7.89. The SMILES string of the molecule is CNCCCNS(=O)(=O)c1cccc([N+](=O)[O-])c1C. The number of hydrogen-bond acceptors (Lipinski definition) is 5. The monoisotopic (exact) mass is 287 g/mol. The van der Waals surface area contributed by atoms with E-state index >= 15 is 0 Å². The highest BCUT2D eigenvalue weighted by atomic mass is 32.2. The molecule has 2 N–H and O–H groups in total. The van der Waals surface area contributed by atoms with Gasteiger partial charge in [0.25, 0.3) is 5.69 Å². The van der Waals surface area contributed by atoms with Gasteiger partial charge < -0.3 is 5.32 Å². The molecule has 7 nitrogen and oxygen atoms in total. The molecule has 0 aliphatic rings. The molecular formula is C11H17N3O4S. The van der Waals surface area contributed by atoms with Crippen molar-refractivity contribution < 1.29 is 13.3 Å². The Kier molecular flexibility index (Phi) is 5.40. The van der Waals surface area contributed by atoms with Gasteiger partial charge in [0.2, 0.25) is 10.0 Å². The Morgan fingerprint density at radius 2 is 2.00 bits per heavy atom. The van der Waals surface area contributed by atoms with Crippen molar-refractivity contribution in [1.82, 2.24) is 10.0 Å². The fourth-order valence-corrected chi connectivity index (χ4v) is 2.98. The van der Waals surface area contributed by atoms with E-state index < -0.39 is 14.9 Å². The summed E-state index contributed by atoms with van der Waals surface area (Å²) in [7, 11) is -1.93. The van der Waals surface area contributed by atoms with Gasteiger partial charge in [-0.1, -0.05) is 6.07 Å². The van der Waals surface area contributed by atoms with Crippen LogP contribution in [0.25, 0.3) is 0 Å². The Bertz CT molecular complexity index is 557. The van der Waals surface area contributed by atoms with Crippen LogP contribution >= 0.6 is 0 Å². The maximum Gasteiger partial charge on any atom is 0.273 e. The predicted molar refractivity (Wildman–Crippen MR) is 71.6 cm³/mol. The molecule has 0 aromatic heterocycles. The predicted octanol–water partition coefficient (Wildman–Crippen LogP) is 0.791. The quantitative estimate of drug-likeness (QED) is 0.438. The fourth-order valence-electron chi connectivity index (χ4n) is 1.64. The zero-order chi connectivity index (χ0) is 14.5. The summed E-state index contributed by atoms with van der Waals surface area (Å²) >= 11 is 0. The Hall–Kier alpha value is -1.51. The maximum atomic E-state index is 12.0. The van der Waals surface area contributed by atoms with Gasteiger partial charge in [0.15, 0.2) is 0 Å². The minimum absolute atomic E-state index is 0.0499. The number of nitro groups is 1. The first-order valence-electron chi connectivity index (χ1n) is 5.78. The minimum Gasteiger partial charge on any atom is -0.320 e. The lowest BCUT2D eigenvalue weighted by atomic mass is 10.2. The summed E-state index contributed by atoms with van der Waals surface area (Å²) in [6.45, 7) is 2.40. The van der Waals surface area contributed by atoms with Crippen LogP contribution in [0.3, 0.4) is 0 Å². The van der Waals surface area contributed by atoms with Gasteiger partial charge in [0.05, 0.1) is 9.82 Å². The standard InChI is InChI=1S/C11H17N3O4S/c1-9-10(14(15)16)5-3-6-11(9)19(17,18)13-8-4-7-12-2/h3,5-6,12-13H,4,7-8H2,1-2H3. The van der Waals surface area contributed by atoms with Crippen LogP contribution < -0.4 is 10.0 Å². The van der Waals surface area contributed by atoms with E-state index in [1.807, 2.05) is 0 Å². The summed E-state index contributed by atoms with van der Waals surface area (Å²) in [6.07, 6.45) is 0.643. The van der Waals surface area contributed by atoms with E-state index in [4.69, 9.17) is 0 Å². The number of rotatable bonds is 7. The van der Waals surface area contributed by atoms with Crippen LogP contribution in [0.2, 0.25) is 0 Å². The molecule has 1 rings (SSSR count). The third-order valence-electron chi connectivity index (χ3n) is 2.64. The van der Waals surface area contributed by atoms with Crippen LogP contribution in [0.4, 0.5) is 5.69 Å². The van der Waals surface area contributed by atoms with E-state index in [-0.39, 0.29) is 22.7 Å². The van der Waals surface area contributed by atoms with Crippen molar-refractivity contribution >= 4 is 15.7 Å². The molecule has 0 bridgehead atoms. The van der Waals surface area contributed by atoms with Gasteiger partial charge in [-0.05, 0) is 33.0 Å². The Balaban J connectivity index is 2.96. The summed E-state index contributed by atoms with van der Waals surface area (Å²) in [6, 6.07) is 4.02. The molecule has 0 saturated carbocycles. The van der Waals surface area contributed by atoms with Crippen molar-refractivity contribution in [3.05, 3.63) is 33.9 Å². The van der Waals surface area contributed by atoms with Crippen LogP contribution in [-0.2, 0) is 10.0 Å². The zero-order valence-corrected chi connectivity index (χ0v) is 11.7. The van der Waals surface area contributed by atoms with Gasteiger partial charge in [-0.3, -0.25) is 10.1 Å². The molecule has 0 unspecified atom stereocenters. The van der Waals surface area contributed by atoms with Crippen molar-refractivity contribution in [2.75, 3.05) is 20.1 Å². The second kappa shape index (κ2) is 6.60. The van der Waals surface area contributed by atoms with E-state index in [1.54, 1.807) is 7.05 Å². The first-order chi connectivity index (χ1) is 8.90. The maximum absolute atomic E-state index is 12.0. The lowest BCUT2D eigenvalue weighted by Crippen LogP contribution is -2.27. The molecule has 0 fully saturated rings. The van der Waals surface area contributed by atoms with Crippen LogP contribution in [-0.4, -0.2) is 33.5 Å². The number of nitro benzene ring substituents is 1. The van der Waals surface area contributed by atoms with E-state index in [1.165, 1.54) is 25.1 Å². The Morgan fingerprint density at radius 1 is 1.32 bits per heavy atom. The van der Waals surface area contributed by atoms with Gasteiger partial charge in [-0.25, -0.2) is 13.1 Å². The van der Waals surface area contributed by atoms with Crippen LogP contribution in [0.5, 0.6) is 0 Å². The van der Waals surface area contributed by atoms with Crippen molar-refractivity contribution in [2.45, 2.75) is 18.2 Å². The fraction of sp³-hybridized carbons (Fsp3) is 0.455. The highest BCUT2D eigenvalue weighted by Crippen LogP contribution is 2.24. The third kappa shape index (κ3) is 3.98. The molecule has 0 spiro atoms. The Morgan fingerprint density at radius 3 is 2.58 bits per heavy atom. The number of benzene rings is 1. The van der Waals surface area contributed by atoms with Gasteiger partial charge in [0, 0.05) is 18.2 Å². The molecule has 0 radical (unpaired) electrons.